The van der Waals surface area contributed by atoms with Crippen LogP contribution in [0.1, 0.15) is 26.7 Å². The summed E-state index contributed by atoms with van der Waals surface area (Å²) in [7, 11) is 0. The first-order chi connectivity index (χ1) is 6.56. The van der Waals surface area contributed by atoms with Crippen LogP contribution in [-0.2, 0) is 0 Å². The Morgan fingerprint density at radius 3 is 2.86 bits per heavy atom. The van der Waals surface area contributed by atoms with Crippen molar-refractivity contribution in [1.82, 2.24) is 5.48 Å². The predicted octanol–water partition coefficient (Wildman–Crippen LogP) is 1.36. The fourth-order valence-electron chi connectivity index (χ4n) is 0.797. The van der Waals surface area contributed by atoms with Crippen LogP contribution in [0.3, 0.4) is 0 Å². The first kappa shape index (κ1) is 13.1. The lowest BCUT2D eigenvalue weighted by Gasteiger charge is -2.00. The van der Waals surface area contributed by atoms with Gasteiger partial charge in [0.25, 0.3) is 0 Å². The van der Waals surface area contributed by atoms with E-state index in [0.717, 1.165) is 6.42 Å². The Balaban J connectivity index is 3.78. The van der Waals surface area contributed by atoms with Crippen LogP contribution >= 0.6 is 0 Å². The zero-order valence-electron chi connectivity index (χ0n) is 8.63. The topological polar surface area (TPSA) is 70.6 Å². The van der Waals surface area contributed by atoms with Gasteiger partial charge in [-0.05, 0) is 26.7 Å². The van der Waals surface area contributed by atoms with Gasteiger partial charge in [0.05, 0.1) is 6.54 Å². The van der Waals surface area contributed by atoms with Gasteiger partial charge in [-0.2, -0.15) is 0 Å². The second kappa shape index (κ2) is 7.46. The van der Waals surface area contributed by atoms with Crippen molar-refractivity contribution < 1.29 is 9.60 Å². The molecule has 0 heterocycles. The Labute approximate surface area is 83.7 Å². The van der Waals surface area contributed by atoms with Gasteiger partial charge < -0.3 is 5.73 Å². The molecule has 4 N–H and O–H groups in total. The fourth-order valence-corrected chi connectivity index (χ4v) is 0.797. The van der Waals surface area contributed by atoms with E-state index in [2.05, 4.69) is 4.99 Å². The van der Waals surface area contributed by atoms with E-state index in [1.807, 2.05) is 12.4 Å². The standard InChI is InChI=1S/C9H18FN3O/c1-7(11)4-3-5-9(10)6-12-8(2)13-14/h5,7,14H,3-4,6,11H2,1-2H3,(H,12,13)/b9-5+/t7-/m0/s1. The summed E-state index contributed by atoms with van der Waals surface area (Å²) >= 11 is 0. The third-order valence-electron chi connectivity index (χ3n) is 1.62. The van der Waals surface area contributed by atoms with Crippen LogP contribution in [-0.4, -0.2) is 23.6 Å². The van der Waals surface area contributed by atoms with Crippen LogP contribution in [0.5, 0.6) is 0 Å². The van der Waals surface area contributed by atoms with E-state index in [9.17, 15) is 4.39 Å². The molecule has 0 aromatic rings. The summed E-state index contributed by atoms with van der Waals surface area (Å²) in [6.45, 7) is 3.39. The van der Waals surface area contributed by atoms with Crippen LogP contribution in [0, 0.1) is 0 Å². The van der Waals surface area contributed by atoms with Gasteiger partial charge in [-0.25, -0.2) is 4.39 Å². The van der Waals surface area contributed by atoms with Gasteiger partial charge in [0.1, 0.15) is 11.7 Å². The molecule has 0 aromatic heterocycles. The number of nitrogens with one attached hydrogen (secondary N) is 1. The number of nitrogens with two attached hydrogens (primary N) is 1. The van der Waals surface area contributed by atoms with E-state index in [-0.39, 0.29) is 18.4 Å². The minimum absolute atomic E-state index is 0.0433. The van der Waals surface area contributed by atoms with E-state index >= 15 is 0 Å². The SMILES string of the molecule is CC(=NC/C(F)=C\CC[C@H](C)N)NO. The molecule has 14 heavy (non-hydrogen) atoms. The predicted molar refractivity (Wildman–Crippen MR) is 55.0 cm³/mol. The zero-order valence-corrected chi connectivity index (χ0v) is 8.63. The second-order valence-corrected chi connectivity index (χ2v) is 3.22. The van der Waals surface area contributed by atoms with Crippen molar-refractivity contribution in [3.05, 3.63) is 11.9 Å². The highest BCUT2D eigenvalue weighted by atomic mass is 19.1. The molecule has 0 unspecified atom stereocenters. The van der Waals surface area contributed by atoms with Gasteiger partial charge in [-0.15, -0.1) is 0 Å². The number of allylic oxidation sites excluding steroid dienone is 1. The van der Waals surface area contributed by atoms with Gasteiger partial charge in [0.15, 0.2) is 0 Å². The van der Waals surface area contributed by atoms with Crippen molar-refractivity contribution in [2.45, 2.75) is 32.7 Å². The molecule has 0 radical (unpaired) electrons. The van der Waals surface area contributed by atoms with Crippen molar-refractivity contribution in [2.75, 3.05) is 6.54 Å². The maximum absolute atomic E-state index is 13.0. The van der Waals surface area contributed by atoms with Gasteiger partial charge in [-0.1, -0.05) is 6.08 Å². The smallest absolute Gasteiger partial charge is 0.117 e. The Morgan fingerprint density at radius 2 is 2.36 bits per heavy atom. The molecule has 0 rings (SSSR count). The Bertz CT molecular complexity index is 214. The third-order valence-corrected chi connectivity index (χ3v) is 1.62. The second-order valence-electron chi connectivity index (χ2n) is 3.22. The summed E-state index contributed by atoms with van der Waals surface area (Å²) in [5.74, 6) is -0.0130. The minimum atomic E-state index is -0.305. The lowest BCUT2D eigenvalue weighted by Crippen LogP contribution is -2.15. The molecule has 0 spiro atoms. The van der Waals surface area contributed by atoms with Crippen molar-refractivity contribution in [3.63, 3.8) is 0 Å². The summed E-state index contributed by atoms with van der Waals surface area (Å²) in [6.07, 6.45) is 2.84. The van der Waals surface area contributed by atoms with Gasteiger partial charge in [0.2, 0.25) is 0 Å². The highest BCUT2D eigenvalue weighted by Crippen LogP contribution is 2.02. The van der Waals surface area contributed by atoms with Crippen LogP contribution in [0.25, 0.3) is 0 Å². The Hall–Kier alpha value is -0.940. The lowest BCUT2D eigenvalue weighted by atomic mass is 10.2. The van der Waals surface area contributed by atoms with Crippen LogP contribution in [0.2, 0.25) is 0 Å². The molecule has 0 aliphatic rings. The Morgan fingerprint density at radius 1 is 1.71 bits per heavy atom. The highest BCUT2D eigenvalue weighted by Gasteiger charge is 1.95. The van der Waals surface area contributed by atoms with Gasteiger partial charge in [-0.3, -0.25) is 15.7 Å². The quantitative estimate of drug-likeness (QED) is 0.359. The first-order valence-electron chi connectivity index (χ1n) is 4.57. The van der Waals surface area contributed by atoms with Gasteiger partial charge in [0, 0.05) is 6.04 Å². The van der Waals surface area contributed by atoms with E-state index in [0.29, 0.717) is 12.3 Å². The molecule has 0 aromatic carbocycles. The maximum atomic E-state index is 13.0. The summed E-state index contributed by atoms with van der Waals surface area (Å²) in [4.78, 5) is 3.72. The number of rotatable bonds is 5. The number of hydrogen-bond donors (Lipinski definition) is 3. The Kier molecular flexibility index (Phi) is 6.96. The molecule has 4 nitrogen and oxygen atoms in total. The van der Waals surface area contributed by atoms with Crippen molar-refractivity contribution in [3.8, 4) is 0 Å². The van der Waals surface area contributed by atoms with Crippen LogP contribution in [0.4, 0.5) is 4.39 Å². The minimum Gasteiger partial charge on any atom is -0.328 e. The van der Waals surface area contributed by atoms with Crippen LogP contribution < -0.4 is 11.2 Å². The number of hydrogen-bond acceptors (Lipinski definition) is 3. The number of nitrogens with zero attached hydrogens (tertiary/aromatic N) is 1. The van der Waals surface area contributed by atoms with E-state index in [4.69, 9.17) is 10.9 Å². The summed E-state index contributed by atoms with van der Waals surface area (Å²) in [5, 5.41) is 8.36. The first-order valence-corrected chi connectivity index (χ1v) is 4.57. The number of halogens is 1. The van der Waals surface area contributed by atoms with Crippen molar-refractivity contribution >= 4 is 5.84 Å². The molecule has 5 heteroatoms. The van der Waals surface area contributed by atoms with Crippen molar-refractivity contribution in [2.24, 2.45) is 10.7 Å². The molecule has 0 saturated carbocycles. The van der Waals surface area contributed by atoms with E-state index in [1.165, 1.54) is 6.08 Å². The normalized spacial score (nSPS) is 15.5. The average Bonchev–Trinajstić information content (AvgIpc) is 2.13. The molecule has 0 bridgehead atoms. The summed E-state index contributed by atoms with van der Waals surface area (Å²) in [5.41, 5.74) is 7.33. The summed E-state index contributed by atoms with van der Waals surface area (Å²) in [6, 6.07) is 0.0865. The zero-order chi connectivity index (χ0) is 11.0. The lowest BCUT2D eigenvalue weighted by molar-refractivity contribution is 0.233. The van der Waals surface area contributed by atoms with Crippen LogP contribution in [0.15, 0.2) is 16.9 Å². The maximum Gasteiger partial charge on any atom is 0.117 e. The molecular formula is C9H18FN3O. The molecule has 0 saturated heterocycles. The van der Waals surface area contributed by atoms with E-state index in [1.54, 1.807) is 6.92 Å². The molecule has 0 amide bonds. The monoisotopic (exact) mass is 203 g/mol. The molecule has 0 fully saturated rings. The fraction of sp³-hybridized carbons (Fsp3) is 0.667. The van der Waals surface area contributed by atoms with Gasteiger partial charge >= 0.3 is 0 Å². The third kappa shape index (κ3) is 7.70. The van der Waals surface area contributed by atoms with E-state index < -0.39 is 0 Å². The molecule has 1 atom stereocenters. The molecular weight excluding hydrogens is 185 g/mol. The molecule has 82 valence electrons. The molecule has 0 aliphatic heterocycles. The summed E-state index contributed by atoms with van der Waals surface area (Å²) < 4.78 is 13.0. The van der Waals surface area contributed by atoms with Crippen molar-refractivity contribution in [1.29, 1.82) is 0 Å². The number of amidine groups is 1. The largest absolute Gasteiger partial charge is 0.328 e. The highest BCUT2D eigenvalue weighted by molar-refractivity contribution is 5.78. The molecule has 0 aliphatic carbocycles. The average molecular weight is 203 g/mol. The number of aliphatic imine (C=N–C) groups is 1. The number of hydroxylamine groups is 1.